The van der Waals surface area contributed by atoms with Gasteiger partial charge in [0.05, 0.1) is 10.9 Å². The molecular formula is C14H13ClN4O. The highest BCUT2D eigenvalue weighted by Gasteiger charge is 2.19. The van der Waals surface area contributed by atoms with Crippen molar-refractivity contribution in [2.75, 3.05) is 31.1 Å². The third kappa shape index (κ3) is 1.82. The number of anilines is 1. The summed E-state index contributed by atoms with van der Waals surface area (Å²) in [5, 5.41) is 10.2. The minimum atomic E-state index is 0.687. The third-order valence-electron chi connectivity index (χ3n) is 3.67. The van der Waals surface area contributed by atoms with Gasteiger partial charge in [0.15, 0.2) is 11.3 Å². The lowest BCUT2D eigenvalue weighted by Crippen LogP contribution is -2.44. The quantitative estimate of drug-likeness (QED) is 0.745. The third-order valence-corrected chi connectivity index (χ3v) is 3.91. The van der Waals surface area contributed by atoms with Crippen LogP contribution in [0, 0.1) is 0 Å². The van der Waals surface area contributed by atoms with Crippen LogP contribution in [0.15, 0.2) is 29.0 Å². The highest BCUT2D eigenvalue weighted by atomic mass is 35.5. The molecule has 1 aromatic carbocycles. The molecule has 3 aromatic rings. The average molecular weight is 289 g/mol. The summed E-state index contributed by atoms with van der Waals surface area (Å²) in [5.74, 6) is 0.880. The number of rotatable bonds is 1. The van der Waals surface area contributed by atoms with Crippen molar-refractivity contribution in [3.05, 3.63) is 29.5 Å². The van der Waals surface area contributed by atoms with E-state index in [0.717, 1.165) is 53.8 Å². The highest BCUT2D eigenvalue weighted by Crippen LogP contribution is 2.31. The Bertz CT molecular complexity index is 779. The van der Waals surface area contributed by atoms with Crippen LogP contribution in [0.25, 0.3) is 21.8 Å². The lowest BCUT2D eigenvalue weighted by atomic mass is 10.1. The Labute approximate surface area is 120 Å². The molecule has 0 aliphatic carbocycles. The Morgan fingerprint density at radius 1 is 1.20 bits per heavy atom. The summed E-state index contributed by atoms with van der Waals surface area (Å²) in [5.41, 5.74) is 1.70. The van der Waals surface area contributed by atoms with E-state index in [0.29, 0.717) is 5.02 Å². The Morgan fingerprint density at radius 2 is 2.05 bits per heavy atom. The number of fused-ring (bicyclic) bond motifs is 3. The molecule has 0 bridgehead atoms. The standard InChI is InChI=1S/C14H13ClN4O/c15-9-1-2-10-11-8-20-18-13(11)14(17-12(10)7-9)19-5-3-16-4-6-19/h1-2,7-8,16H,3-6H2. The van der Waals surface area contributed by atoms with Gasteiger partial charge in [-0.05, 0) is 12.1 Å². The molecule has 2 aromatic heterocycles. The van der Waals surface area contributed by atoms with Gasteiger partial charge in [-0.15, -0.1) is 0 Å². The second kappa shape index (κ2) is 4.61. The van der Waals surface area contributed by atoms with Gasteiger partial charge in [-0.25, -0.2) is 4.98 Å². The fourth-order valence-corrected chi connectivity index (χ4v) is 2.84. The molecule has 1 N–H and O–H groups in total. The zero-order valence-corrected chi connectivity index (χ0v) is 11.5. The van der Waals surface area contributed by atoms with Crippen molar-refractivity contribution in [3.63, 3.8) is 0 Å². The molecule has 4 rings (SSSR count). The highest BCUT2D eigenvalue weighted by molar-refractivity contribution is 6.31. The number of hydrogen-bond donors (Lipinski definition) is 1. The van der Waals surface area contributed by atoms with E-state index in [9.17, 15) is 0 Å². The summed E-state index contributed by atoms with van der Waals surface area (Å²) in [6.07, 6.45) is 1.68. The molecular weight excluding hydrogens is 276 g/mol. The summed E-state index contributed by atoms with van der Waals surface area (Å²) in [6, 6.07) is 5.71. The topological polar surface area (TPSA) is 54.2 Å². The van der Waals surface area contributed by atoms with Gasteiger partial charge < -0.3 is 14.7 Å². The smallest absolute Gasteiger partial charge is 0.159 e. The second-order valence-electron chi connectivity index (χ2n) is 4.91. The molecule has 6 heteroatoms. The number of pyridine rings is 1. The first-order chi connectivity index (χ1) is 9.83. The number of aromatic nitrogens is 2. The van der Waals surface area contributed by atoms with Gasteiger partial charge in [-0.3, -0.25) is 0 Å². The van der Waals surface area contributed by atoms with Crippen molar-refractivity contribution in [1.29, 1.82) is 0 Å². The SMILES string of the molecule is Clc1ccc2c(c1)nc(N1CCNCC1)c1nocc12. The molecule has 0 unspecified atom stereocenters. The van der Waals surface area contributed by atoms with E-state index in [2.05, 4.69) is 15.4 Å². The molecule has 0 radical (unpaired) electrons. The fourth-order valence-electron chi connectivity index (χ4n) is 2.68. The van der Waals surface area contributed by atoms with Crippen LogP contribution < -0.4 is 10.2 Å². The number of halogens is 1. The van der Waals surface area contributed by atoms with E-state index in [-0.39, 0.29) is 0 Å². The first kappa shape index (κ1) is 11.9. The molecule has 5 nitrogen and oxygen atoms in total. The first-order valence-electron chi connectivity index (χ1n) is 6.62. The van der Waals surface area contributed by atoms with Crippen LogP contribution >= 0.6 is 11.6 Å². The maximum Gasteiger partial charge on any atom is 0.159 e. The Hall–Kier alpha value is -1.85. The van der Waals surface area contributed by atoms with Crippen molar-refractivity contribution < 1.29 is 4.52 Å². The maximum absolute atomic E-state index is 6.08. The molecule has 1 saturated heterocycles. The average Bonchev–Trinajstić information content (AvgIpc) is 2.96. The van der Waals surface area contributed by atoms with Crippen molar-refractivity contribution in [1.82, 2.24) is 15.5 Å². The van der Waals surface area contributed by atoms with Crippen LogP contribution in [0.3, 0.4) is 0 Å². The first-order valence-corrected chi connectivity index (χ1v) is 7.00. The summed E-state index contributed by atoms with van der Waals surface area (Å²) in [7, 11) is 0. The normalized spacial score (nSPS) is 16.1. The zero-order chi connectivity index (χ0) is 13.5. The molecule has 0 saturated carbocycles. The summed E-state index contributed by atoms with van der Waals surface area (Å²) in [4.78, 5) is 6.99. The molecule has 1 aliphatic rings. The van der Waals surface area contributed by atoms with Gasteiger partial charge in [0.2, 0.25) is 0 Å². The monoisotopic (exact) mass is 288 g/mol. The van der Waals surface area contributed by atoms with E-state index in [4.69, 9.17) is 21.1 Å². The van der Waals surface area contributed by atoms with Crippen LogP contribution in [0.1, 0.15) is 0 Å². The van der Waals surface area contributed by atoms with Gasteiger partial charge in [-0.1, -0.05) is 22.8 Å². The fraction of sp³-hybridized carbons (Fsp3) is 0.286. The van der Waals surface area contributed by atoms with Gasteiger partial charge in [0, 0.05) is 36.6 Å². The van der Waals surface area contributed by atoms with Crippen LogP contribution in [-0.4, -0.2) is 36.3 Å². The molecule has 20 heavy (non-hydrogen) atoms. The van der Waals surface area contributed by atoms with Crippen LogP contribution in [-0.2, 0) is 0 Å². The predicted octanol–water partition coefficient (Wildman–Crippen LogP) is 2.44. The number of piperazine rings is 1. The molecule has 1 fully saturated rings. The Morgan fingerprint density at radius 3 is 2.90 bits per heavy atom. The van der Waals surface area contributed by atoms with E-state index in [1.165, 1.54) is 0 Å². The molecule has 102 valence electrons. The van der Waals surface area contributed by atoms with Gasteiger partial charge in [0.1, 0.15) is 6.26 Å². The lowest BCUT2D eigenvalue weighted by molar-refractivity contribution is 0.428. The molecule has 1 aliphatic heterocycles. The minimum absolute atomic E-state index is 0.687. The number of hydrogen-bond acceptors (Lipinski definition) is 5. The van der Waals surface area contributed by atoms with E-state index in [1.807, 2.05) is 18.2 Å². The van der Waals surface area contributed by atoms with Crippen molar-refractivity contribution >= 4 is 39.2 Å². The lowest BCUT2D eigenvalue weighted by Gasteiger charge is -2.28. The van der Waals surface area contributed by atoms with Crippen LogP contribution in [0.2, 0.25) is 5.02 Å². The largest absolute Gasteiger partial charge is 0.363 e. The molecule has 3 heterocycles. The number of nitrogens with one attached hydrogen (secondary N) is 1. The second-order valence-corrected chi connectivity index (χ2v) is 5.35. The molecule has 0 spiro atoms. The van der Waals surface area contributed by atoms with Crippen molar-refractivity contribution in [3.8, 4) is 0 Å². The zero-order valence-electron chi connectivity index (χ0n) is 10.8. The Balaban J connectivity index is 1.99. The number of benzene rings is 1. The summed E-state index contributed by atoms with van der Waals surface area (Å²) >= 11 is 6.08. The summed E-state index contributed by atoms with van der Waals surface area (Å²) in [6.45, 7) is 3.74. The van der Waals surface area contributed by atoms with E-state index >= 15 is 0 Å². The van der Waals surface area contributed by atoms with Crippen molar-refractivity contribution in [2.45, 2.75) is 0 Å². The summed E-state index contributed by atoms with van der Waals surface area (Å²) < 4.78 is 5.17. The van der Waals surface area contributed by atoms with Gasteiger partial charge in [-0.2, -0.15) is 0 Å². The van der Waals surface area contributed by atoms with Gasteiger partial charge in [0.25, 0.3) is 0 Å². The van der Waals surface area contributed by atoms with Crippen molar-refractivity contribution in [2.24, 2.45) is 0 Å². The van der Waals surface area contributed by atoms with Crippen LogP contribution in [0.5, 0.6) is 0 Å². The Kier molecular flexibility index (Phi) is 2.75. The molecule has 0 atom stereocenters. The van der Waals surface area contributed by atoms with Crippen LogP contribution in [0.4, 0.5) is 5.82 Å². The maximum atomic E-state index is 6.08. The van der Waals surface area contributed by atoms with E-state index in [1.54, 1.807) is 6.26 Å². The minimum Gasteiger partial charge on any atom is -0.363 e. The van der Waals surface area contributed by atoms with Gasteiger partial charge >= 0.3 is 0 Å². The number of nitrogens with zero attached hydrogens (tertiary/aromatic N) is 3. The predicted molar refractivity (Wildman–Crippen MR) is 79.4 cm³/mol. The van der Waals surface area contributed by atoms with E-state index < -0.39 is 0 Å². The molecule has 0 amide bonds.